The van der Waals surface area contributed by atoms with Crippen LogP contribution in [-0.4, -0.2) is 68.6 Å². The molecule has 0 atom stereocenters. The van der Waals surface area contributed by atoms with Gasteiger partial charge in [-0.15, -0.1) is 0 Å². The minimum absolute atomic E-state index is 0.137. The van der Waals surface area contributed by atoms with E-state index in [1.165, 1.54) is 0 Å². The Kier molecular flexibility index (Phi) is 6.67. The normalized spacial score (nSPS) is 14.6. The maximum absolute atomic E-state index is 12.1. The van der Waals surface area contributed by atoms with Crippen LogP contribution in [0.25, 0.3) is 0 Å². The molecule has 3 rings (SSSR count). The summed E-state index contributed by atoms with van der Waals surface area (Å²) in [6, 6.07) is 11.6. The van der Waals surface area contributed by atoms with Gasteiger partial charge in [0.25, 0.3) is 0 Å². The van der Waals surface area contributed by atoms with Gasteiger partial charge in [0.05, 0.1) is 31.2 Å². The van der Waals surface area contributed by atoms with Gasteiger partial charge in [-0.05, 0) is 24.3 Å². The summed E-state index contributed by atoms with van der Waals surface area (Å²) in [5, 5.41) is 5.94. The summed E-state index contributed by atoms with van der Waals surface area (Å²) < 4.78 is 5.47. The number of hydrogen-bond donors (Lipinski definition) is 2. The third-order valence-electron chi connectivity index (χ3n) is 4.57. The number of para-hydroxylation sites is 2. The van der Waals surface area contributed by atoms with E-state index in [9.17, 15) is 4.79 Å². The molecule has 8 heteroatoms. The largest absolute Gasteiger partial charge is 0.495 e. The van der Waals surface area contributed by atoms with Gasteiger partial charge in [0.2, 0.25) is 5.91 Å². The summed E-state index contributed by atoms with van der Waals surface area (Å²) >= 11 is 0. The number of nitrogens with one attached hydrogen (secondary N) is 2. The van der Waals surface area contributed by atoms with E-state index in [0.29, 0.717) is 5.69 Å². The molecule has 148 valence electrons. The van der Waals surface area contributed by atoms with Gasteiger partial charge in [-0.2, -0.15) is 0 Å². The number of ether oxygens (including phenoxy) is 1. The Labute approximate surface area is 165 Å². The van der Waals surface area contributed by atoms with Gasteiger partial charge in [0.15, 0.2) is 5.96 Å². The Morgan fingerprint density at radius 2 is 1.96 bits per heavy atom. The second-order valence-corrected chi connectivity index (χ2v) is 6.34. The first-order valence-corrected chi connectivity index (χ1v) is 9.24. The number of aromatic nitrogens is 1. The fourth-order valence-electron chi connectivity index (χ4n) is 3.18. The van der Waals surface area contributed by atoms with Crippen LogP contribution in [0.15, 0.2) is 53.8 Å². The Hall–Kier alpha value is -3.29. The topological polar surface area (TPSA) is 82.1 Å². The molecule has 28 heavy (non-hydrogen) atoms. The number of benzene rings is 1. The molecule has 0 bridgehead atoms. The van der Waals surface area contributed by atoms with Crippen molar-refractivity contribution in [3.05, 3.63) is 48.8 Å². The number of rotatable bonds is 5. The summed E-state index contributed by atoms with van der Waals surface area (Å²) in [5.74, 6) is 1.47. The zero-order chi connectivity index (χ0) is 19.8. The highest BCUT2D eigenvalue weighted by Crippen LogP contribution is 2.28. The van der Waals surface area contributed by atoms with Crippen LogP contribution in [0.5, 0.6) is 5.75 Å². The number of pyridine rings is 1. The standard InChI is InChI=1S/C20H26N6O2/c1-21-20(23-15-19(27)24-16-6-5-9-22-14-16)26-12-10-25(11-13-26)17-7-3-4-8-18(17)28-2/h3-9,14H,10-13,15H2,1-2H3,(H,21,23)(H,24,27). The van der Waals surface area contributed by atoms with E-state index in [4.69, 9.17) is 4.74 Å². The fraction of sp³-hybridized carbons (Fsp3) is 0.350. The molecule has 1 fully saturated rings. The third kappa shape index (κ3) is 4.91. The molecule has 1 amide bonds. The molecule has 1 aromatic carbocycles. The van der Waals surface area contributed by atoms with Crippen molar-refractivity contribution in [2.24, 2.45) is 4.99 Å². The van der Waals surface area contributed by atoms with Crippen LogP contribution in [0.3, 0.4) is 0 Å². The van der Waals surface area contributed by atoms with Crippen molar-refractivity contribution >= 4 is 23.2 Å². The minimum atomic E-state index is -0.137. The molecule has 2 heterocycles. The molecule has 2 N–H and O–H groups in total. The SMILES string of the molecule is CN=C(NCC(=O)Nc1cccnc1)N1CCN(c2ccccc2OC)CC1. The molecule has 1 aliphatic heterocycles. The molecular weight excluding hydrogens is 356 g/mol. The first-order chi connectivity index (χ1) is 13.7. The Morgan fingerprint density at radius 3 is 2.64 bits per heavy atom. The smallest absolute Gasteiger partial charge is 0.243 e. The van der Waals surface area contributed by atoms with Crippen molar-refractivity contribution in [1.82, 2.24) is 15.2 Å². The van der Waals surface area contributed by atoms with Crippen molar-refractivity contribution in [2.75, 3.05) is 57.1 Å². The zero-order valence-corrected chi connectivity index (χ0v) is 16.3. The van der Waals surface area contributed by atoms with Crippen LogP contribution in [0.2, 0.25) is 0 Å². The molecular formula is C20H26N6O2. The Bertz CT molecular complexity index is 803. The molecule has 8 nitrogen and oxygen atoms in total. The van der Waals surface area contributed by atoms with E-state index in [2.05, 4.69) is 36.5 Å². The van der Waals surface area contributed by atoms with Gasteiger partial charge in [-0.25, -0.2) is 0 Å². The number of carbonyl (C=O) groups excluding carboxylic acids is 1. The number of guanidine groups is 1. The van der Waals surface area contributed by atoms with Crippen LogP contribution < -0.4 is 20.3 Å². The maximum atomic E-state index is 12.1. The average molecular weight is 382 g/mol. The highest BCUT2D eigenvalue weighted by atomic mass is 16.5. The van der Waals surface area contributed by atoms with Gasteiger partial charge in [0, 0.05) is 39.4 Å². The van der Waals surface area contributed by atoms with Crippen LogP contribution in [0.4, 0.5) is 11.4 Å². The number of piperazine rings is 1. The first-order valence-electron chi connectivity index (χ1n) is 9.24. The lowest BCUT2D eigenvalue weighted by Crippen LogP contribution is -2.53. The number of nitrogens with zero attached hydrogens (tertiary/aromatic N) is 4. The van der Waals surface area contributed by atoms with Crippen LogP contribution in [-0.2, 0) is 4.79 Å². The molecule has 0 unspecified atom stereocenters. The van der Waals surface area contributed by atoms with E-state index in [1.807, 2.05) is 18.2 Å². The lowest BCUT2D eigenvalue weighted by Gasteiger charge is -2.38. The quantitative estimate of drug-likeness (QED) is 0.601. The first kappa shape index (κ1) is 19.5. The molecule has 1 aromatic heterocycles. The molecule has 1 aliphatic rings. The van der Waals surface area contributed by atoms with E-state index >= 15 is 0 Å². The van der Waals surface area contributed by atoms with E-state index in [1.54, 1.807) is 38.7 Å². The van der Waals surface area contributed by atoms with Crippen LogP contribution in [0, 0.1) is 0 Å². The van der Waals surface area contributed by atoms with Gasteiger partial charge in [0.1, 0.15) is 5.75 Å². The van der Waals surface area contributed by atoms with Gasteiger partial charge < -0.3 is 25.2 Å². The summed E-state index contributed by atoms with van der Waals surface area (Å²) in [4.78, 5) is 24.9. The van der Waals surface area contributed by atoms with Crippen LogP contribution in [0.1, 0.15) is 0 Å². The molecule has 0 aliphatic carbocycles. The zero-order valence-electron chi connectivity index (χ0n) is 16.3. The Balaban J connectivity index is 1.50. The molecule has 0 spiro atoms. The van der Waals surface area contributed by atoms with Gasteiger partial charge in [-0.1, -0.05) is 12.1 Å². The molecule has 0 saturated carbocycles. The number of amides is 1. The highest BCUT2D eigenvalue weighted by Gasteiger charge is 2.21. The lowest BCUT2D eigenvalue weighted by atomic mass is 10.2. The second kappa shape index (κ2) is 9.59. The highest BCUT2D eigenvalue weighted by molar-refractivity contribution is 5.94. The number of methoxy groups -OCH3 is 1. The monoisotopic (exact) mass is 382 g/mol. The molecule has 1 saturated heterocycles. The summed E-state index contributed by atoms with van der Waals surface area (Å²) in [5.41, 5.74) is 1.78. The minimum Gasteiger partial charge on any atom is -0.495 e. The lowest BCUT2D eigenvalue weighted by molar-refractivity contribution is -0.115. The number of hydrogen-bond acceptors (Lipinski definition) is 5. The predicted molar refractivity (Wildman–Crippen MR) is 111 cm³/mol. The van der Waals surface area contributed by atoms with Crippen LogP contribution >= 0.6 is 0 Å². The van der Waals surface area contributed by atoms with Crippen molar-refractivity contribution < 1.29 is 9.53 Å². The number of aliphatic imine (C=N–C) groups is 1. The second-order valence-electron chi connectivity index (χ2n) is 6.34. The molecule has 2 aromatic rings. The van der Waals surface area contributed by atoms with Crippen molar-refractivity contribution in [3.8, 4) is 5.75 Å². The third-order valence-corrected chi connectivity index (χ3v) is 4.57. The summed E-state index contributed by atoms with van der Waals surface area (Å²) in [6.07, 6.45) is 3.28. The Morgan fingerprint density at radius 1 is 1.18 bits per heavy atom. The van der Waals surface area contributed by atoms with Gasteiger partial charge in [-0.3, -0.25) is 14.8 Å². The number of carbonyl (C=O) groups is 1. The van der Waals surface area contributed by atoms with Crippen molar-refractivity contribution in [3.63, 3.8) is 0 Å². The van der Waals surface area contributed by atoms with Gasteiger partial charge >= 0.3 is 0 Å². The van der Waals surface area contributed by atoms with Crippen molar-refractivity contribution in [1.29, 1.82) is 0 Å². The number of anilines is 2. The molecule has 0 radical (unpaired) electrons. The summed E-state index contributed by atoms with van der Waals surface area (Å²) in [7, 11) is 3.42. The van der Waals surface area contributed by atoms with Crippen molar-refractivity contribution in [2.45, 2.75) is 0 Å². The summed E-state index contributed by atoms with van der Waals surface area (Å²) in [6.45, 7) is 3.46. The van der Waals surface area contributed by atoms with E-state index < -0.39 is 0 Å². The van der Waals surface area contributed by atoms with E-state index in [0.717, 1.165) is 43.6 Å². The van der Waals surface area contributed by atoms with E-state index in [-0.39, 0.29) is 12.5 Å². The average Bonchev–Trinajstić information content (AvgIpc) is 2.75. The maximum Gasteiger partial charge on any atom is 0.243 e. The predicted octanol–water partition coefficient (Wildman–Crippen LogP) is 1.43. The fourth-order valence-corrected chi connectivity index (χ4v) is 3.18.